The fourth-order valence-corrected chi connectivity index (χ4v) is 9.33. The van der Waals surface area contributed by atoms with Crippen LogP contribution >= 0.6 is 0 Å². The lowest BCUT2D eigenvalue weighted by Crippen LogP contribution is -1.98. The second-order valence-corrected chi connectivity index (χ2v) is 14.8. The standard InChI is InChI=1S/C51H31N5O/c1-2-13-33(14-3-1)55-48-40-17-5-9-22-44(40)54(50(48)56-46-23-10-7-20-42(46)52-51(55)56)35-29-30-45-41(31-35)37-15-4-8-21-43(37)53(45)34-27-25-32(26-28-34)36-18-12-19-39-38-16-6-11-24-47(38)57-49(36)39/h1-31H. The van der Waals surface area contributed by atoms with E-state index in [1.807, 2.05) is 12.1 Å². The van der Waals surface area contributed by atoms with Crippen molar-refractivity contribution in [3.8, 4) is 28.2 Å². The Morgan fingerprint density at radius 1 is 0.404 bits per heavy atom. The number of imidazole rings is 2. The van der Waals surface area contributed by atoms with Crippen LogP contribution in [-0.2, 0) is 0 Å². The summed E-state index contributed by atoms with van der Waals surface area (Å²) < 4.78 is 15.9. The molecular weight excluding hydrogens is 699 g/mol. The summed E-state index contributed by atoms with van der Waals surface area (Å²) in [4.78, 5) is 5.22. The molecular formula is C51H31N5O. The largest absolute Gasteiger partial charge is 0.455 e. The van der Waals surface area contributed by atoms with Crippen molar-refractivity contribution in [3.05, 3.63) is 188 Å². The molecule has 0 atom stereocenters. The predicted octanol–water partition coefficient (Wildman–Crippen LogP) is 13.0. The number of furan rings is 1. The fourth-order valence-electron chi connectivity index (χ4n) is 9.33. The average molecular weight is 730 g/mol. The lowest BCUT2D eigenvalue weighted by Gasteiger charge is -2.11. The van der Waals surface area contributed by atoms with Gasteiger partial charge in [-0.25, -0.2) is 4.98 Å². The number of nitrogens with zero attached hydrogens (tertiary/aromatic N) is 5. The van der Waals surface area contributed by atoms with Crippen molar-refractivity contribution < 1.29 is 4.42 Å². The van der Waals surface area contributed by atoms with Crippen LogP contribution in [0.25, 0.3) is 111 Å². The molecule has 0 aliphatic rings. The number of para-hydroxylation sites is 7. The van der Waals surface area contributed by atoms with Crippen molar-refractivity contribution in [3.63, 3.8) is 0 Å². The van der Waals surface area contributed by atoms with Crippen LogP contribution in [0.3, 0.4) is 0 Å². The van der Waals surface area contributed by atoms with E-state index in [0.717, 1.165) is 94.7 Å². The number of hydrogen-bond donors (Lipinski definition) is 0. The number of aromatic nitrogens is 5. The molecule has 0 aliphatic carbocycles. The zero-order valence-corrected chi connectivity index (χ0v) is 30.5. The fraction of sp³-hybridized carbons (Fsp3) is 0. The van der Waals surface area contributed by atoms with Crippen molar-refractivity contribution in [2.45, 2.75) is 0 Å². The van der Waals surface area contributed by atoms with Gasteiger partial charge in [-0.15, -0.1) is 0 Å². The van der Waals surface area contributed by atoms with Gasteiger partial charge in [-0.05, 0) is 78.4 Å². The molecule has 5 aromatic heterocycles. The van der Waals surface area contributed by atoms with Gasteiger partial charge in [0.25, 0.3) is 0 Å². The average Bonchev–Trinajstić information content (AvgIpc) is 4.07. The molecule has 0 spiro atoms. The van der Waals surface area contributed by atoms with Gasteiger partial charge in [0.1, 0.15) is 16.7 Å². The first kappa shape index (κ1) is 30.5. The van der Waals surface area contributed by atoms with Crippen molar-refractivity contribution in [1.82, 2.24) is 23.1 Å². The van der Waals surface area contributed by atoms with E-state index in [-0.39, 0.29) is 0 Å². The van der Waals surface area contributed by atoms with E-state index in [4.69, 9.17) is 9.40 Å². The molecule has 0 fully saturated rings. The maximum atomic E-state index is 6.40. The van der Waals surface area contributed by atoms with E-state index in [0.29, 0.717) is 0 Å². The molecule has 0 radical (unpaired) electrons. The van der Waals surface area contributed by atoms with E-state index in [1.165, 1.54) is 16.2 Å². The summed E-state index contributed by atoms with van der Waals surface area (Å²) in [7, 11) is 0. The molecule has 13 rings (SSSR count). The molecule has 0 unspecified atom stereocenters. The molecule has 13 aromatic rings. The molecule has 0 amide bonds. The highest BCUT2D eigenvalue weighted by Gasteiger charge is 2.25. The third kappa shape index (κ3) is 4.16. The molecule has 0 saturated heterocycles. The summed E-state index contributed by atoms with van der Waals surface area (Å²) in [5.74, 6) is 0.893. The van der Waals surface area contributed by atoms with Crippen LogP contribution in [0.15, 0.2) is 192 Å². The van der Waals surface area contributed by atoms with Gasteiger partial charge in [0.15, 0.2) is 5.65 Å². The van der Waals surface area contributed by atoms with E-state index < -0.39 is 0 Å². The Kier molecular flexibility index (Phi) is 6.07. The van der Waals surface area contributed by atoms with Gasteiger partial charge < -0.3 is 8.98 Å². The number of hydrogen-bond acceptors (Lipinski definition) is 2. The Morgan fingerprint density at radius 3 is 1.88 bits per heavy atom. The van der Waals surface area contributed by atoms with Crippen LogP contribution in [0.1, 0.15) is 0 Å². The maximum Gasteiger partial charge on any atom is 0.221 e. The highest BCUT2D eigenvalue weighted by atomic mass is 16.3. The van der Waals surface area contributed by atoms with Crippen LogP contribution in [0.5, 0.6) is 0 Å². The summed E-state index contributed by atoms with van der Waals surface area (Å²) in [5.41, 5.74) is 15.0. The second kappa shape index (κ2) is 11.4. The minimum absolute atomic E-state index is 0.893. The summed E-state index contributed by atoms with van der Waals surface area (Å²) >= 11 is 0. The van der Waals surface area contributed by atoms with Gasteiger partial charge in [-0.3, -0.25) is 13.5 Å². The third-order valence-corrected chi connectivity index (χ3v) is 11.8. The summed E-state index contributed by atoms with van der Waals surface area (Å²) in [6.45, 7) is 0. The normalized spacial score (nSPS) is 12.2. The lowest BCUT2D eigenvalue weighted by molar-refractivity contribution is 0.670. The zero-order chi connectivity index (χ0) is 37.2. The van der Waals surface area contributed by atoms with Gasteiger partial charge in [0, 0.05) is 49.6 Å². The molecule has 57 heavy (non-hydrogen) atoms. The summed E-state index contributed by atoms with van der Waals surface area (Å²) in [6, 6.07) is 67.0. The van der Waals surface area contributed by atoms with E-state index in [9.17, 15) is 0 Å². The second-order valence-electron chi connectivity index (χ2n) is 14.8. The van der Waals surface area contributed by atoms with Gasteiger partial charge in [-0.1, -0.05) is 115 Å². The van der Waals surface area contributed by atoms with Crippen molar-refractivity contribution in [2.24, 2.45) is 0 Å². The first-order valence-corrected chi connectivity index (χ1v) is 19.3. The van der Waals surface area contributed by atoms with Crippen molar-refractivity contribution in [1.29, 1.82) is 0 Å². The summed E-state index contributed by atoms with van der Waals surface area (Å²) in [6.07, 6.45) is 0. The van der Waals surface area contributed by atoms with E-state index in [2.05, 4.69) is 194 Å². The van der Waals surface area contributed by atoms with Crippen LogP contribution < -0.4 is 0 Å². The van der Waals surface area contributed by atoms with Gasteiger partial charge in [0.05, 0.1) is 27.6 Å². The maximum absolute atomic E-state index is 6.40. The van der Waals surface area contributed by atoms with Gasteiger partial charge >= 0.3 is 0 Å². The Labute approximate surface area is 325 Å². The van der Waals surface area contributed by atoms with Crippen LogP contribution in [0.4, 0.5) is 0 Å². The first-order chi connectivity index (χ1) is 28.3. The highest BCUT2D eigenvalue weighted by molar-refractivity contribution is 6.13. The first-order valence-electron chi connectivity index (χ1n) is 19.3. The number of benzene rings is 8. The molecule has 6 nitrogen and oxygen atoms in total. The Bertz CT molecular complexity index is 3740. The van der Waals surface area contributed by atoms with Gasteiger partial charge in [-0.2, -0.15) is 0 Å². The third-order valence-electron chi connectivity index (χ3n) is 11.8. The van der Waals surface area contributed by atoms with E-state index >= 15 is 0 Å². The van der Waals surface area contributed by atoms with Crippen LogP contribution in [-0.4, -0.2) is 23.1 Å². The lowest BCUT2D eigenvalue weighted by atomic mass is 10.0. The number of fused-ring (bicyclic) bond motifs is 13. The van der Waals surface area contributed by atoms with Crippen LogP contribution in [0, 0.1) is 0 Å². The SMILES string of the molecule is c1ccc(-n2c3c4ccccc4n(-c4ccc5c(c4)c4ccccc4n5-c4ccc(-c5cccc6c5oc5ccccc56)cc4)c3n3c4ccccc4nc23)cc1. The van der Waals surface area contributed by atoms with Crippen molar-refractivity contribution in [2.75, 3.05) is 0 Å². The number of rotatable bonds is 4. The molecule has 0 N–H and O–H groups in total. The Morgan fingerprint density at radius 2 is 1.04 bits per heavy atom. The molecule has 0 aliphatic heterocycles. The molecule has 8 aromatic carbocycles. The Hall–Kier alpha value is -7.83. The van der Waals surface area contributed by atoms with E-state index in [1.54, 1.807) is 0 Å². The molecule has 0 saturated carbocycles. The predicted molar refractivity (Wildman–Crippen MR) is 233 cm³/mol. The highest BCUT2D eigenvalue weighted by Crippen LogP contribution is 2.41. The molecule has 6 heteroatoms. The quantitative estimate of drug-likeness (QED) is 0.181. The Balaban J connectivity index is 1.03. The van der Waals surface area contributed by atoms with Crippen LogP contribution in [0.2, 0.25) is 0 Å². The smallest absolute Gasteiger partial charge is 0.221 e. The minimum Gasteiger partial charge on any atom is -0.455 e. The molecule has 0 bridgehead atoms. The van der Waals surface area contributed by atoms with Gasteiger partial charge in [0.2, 0.25) is 5.78 Å². The summed E-state index contributed by atoms with van der Waals surface area (Å²) in [5, 5.41) is 5.85. The minimum atomic E-state index is 0.893. The monoisotopic (exact) mass is 729 g/mol. The topological polar surface area (TPSA) is 45.2 Å². The molecule has 266 valence electrons. The van der Waals surface area contributed by atoms with Crippen molar-refractivity contribution >= 4 is 82.6 Å². The molecule has 5 heterocycles. The zero-order valence-electron chi connectivity index (χ0n) is 30.5.